The first-order valence-electron chi connectivity index (χ1n) is 6.33. The smallest absolute Gasteiger partial charge is 0.137 e. The van der Waals surface area contributed by atoms with Gasteiger partial charge < -0.3 is 14.5 Å². The van der Waals surface area contributed by atoms with E-state index in [1.54, 1.807) is 7.11 Å². The number of ether oxygens (including phenoxy) is 1. The predicted molar refractivity (Wildman–Crippen MR) is 87.1 cm³/mol. The van der Waals surface area contributed by atoms with Crippen molar-refractivity contribution in [2.75, 3.05) is 7.11 Å². The molecule has 0 fully saturated rings. The SMILES string of the molecule is COc1c(Br)cc(Br)cc1CNC(C)c1ccc(C)o1. The summed E-state index contributed by atoms with van der Waals surface area (Å²) in [6, 6.07) is 8.15. The highest BCUT2D eigenvalue weighted by atomic mass is 79.9. The average Bonchev–Trinajstić information content (AvgIpc) is 2.82. The van der Waals surface area contributed by atoms with Crippen LogP contribution < -0.4 is 10.1 Å². The van der Waals surface area contributed by atoms with Crippen LogP contribution in [0.15, 0.2) is 37.6 Å². The predicted octanol–water partition coefficient (Wildman–Crippen LogP) is 4.97. The number of furan rings is 1. The molecule has 1 aromatic carbocycles. The van der Waals surface area contributed by atoms with Gasteiger partial charge in [0.2, 0.25) is 0 Å². The second-order valence-electron chi connectivity index (χ2n) is 4.63. The third kappa shape index (κ3) is 3.65. The van der Waals surface area contributed by atoms with Gasteiger partial charge >= 0.3 is 0 Å². The summed E-state index contributed by atoms with van der Waals surface area (Å²) in [5, 5.41) is 3.44. The normalized spacial score (nSPS) is 12.4. The minimum Gasteiger partial charge on any atom is -0.495 e. The van der Waals surface area contributed by atoms with Crippen molar-refractivity contribution < 1.29 is 9.15 Å². The fourth-order valence-electron chi connectivity index (χ4n) is 2.02. The van der Waals surface area contributed by atoms with Crippen molar-refractivity contribution >= 4 is 31.9 Å². The summed E-state index contributed by atoms with van der Waals surface area (Å²) in [6.07, 6.45) is 0. The van der Waals surface area contributed by atoms with Crippen LogP contribution in [-0.4, -0.2) is 7.11 Å². The average molecular weight is 403 g/mol. The Morgan fingerprint density at radius 2 is 2.05 bits per heavy atom. The molecule has 1 aromatic heterocycles. The Hall–Kier alpha value is -0.780. The number of benzene rings is 1. The molecule has 3 nitrogen and oxygen atoms in total. The van der Waals surface area contributed by atoms with Gasteiger partial charge in [0.05, 0.1) is 17.6 Å². The van der Waals surface area contributed by atoms with E-state index in [1.165, 1.54) is 0 Å². The third-order valence-corrected chi connectivity index (χ3v) is 4.12. The van der Waals surface area contributed by atoms with Crippen LogP contribution in [0.1, 0.15) is 30.0 Å². The zero-order valence-electron chi connectivity index (χ0n) is 11.7. The van der Waals surface area contributed by atoms with Crippen LogP contribution in [0.25, 0.3) is 0 Å². The monoisotopic (exact) mass is 401 g/mol. The van der Waals surface area contributed by atoms with E-state index in [9.17, 15) is 0 Å². The molecule has 0 amide bonds. The Kier molecular flexibility index (Phi) is 5.29. The molecule has 2 rings (SSSR count). The molecule has 1 N–H and O–H groups in total. The van der Waals surface area contributed by atoms with Crippen LogP contribution in [-0.2, 0) is 6.54 Å². The van der Waals surface area contributed by atoms with Crippen LogP contribution >= 0.6 is 31.9 Å². The summed E-state index contributed by atoms with van der Waals surface area (Å²) < 4.78 is 13.0. The molecule has 0 aliphatic rings. The molecule has 0 spiro atoms. The molecule has 2 aromatic rings. The molecule has 108 valence electrons. The fraction of sp³-hybridized carbons (Fsp3) is 0.333. The molecule has 1 atom stereocenters. The molecule has 0 saturated carbocycles. The molecule has 0 bridgehead atoms. The van der Waals surface area contributed by atoms with Crippen LogP contribution in [0.3, 0.4) is 0 Å². The summed E-state index contributed by atoms with van der Waals surface area (Å²) in [7, 11) is 1.68. The van der Waals surface area contributed by atoms with E-state index in [2.05, 4.69) is 50.2 Å². The molecule has 1 heterocycles. The first kappa shape index (κ1) is 15.6. The van der Waals surface area contributed by atoms with Gasteiger partial charge in [-0.2, -0.15) is 0 Å². The Morgan fingerprint density at radius 3 is 2.65 bits per heavy atom. The Labute approximate surface area is 136 Å². The van der Waals surface area contributed by atoms with Crippen molar-refractivity contribution in [3.63, 3.8) is 0 Å². The molecular formula is C15H17Br2NO2. The minimum absolute atomic E-state index is 0.145. The van der Waals surface area contributed by atoms with Gasteiger partial charge in [0.25, 0.3) is 0 Å². The lowest BCUT2D eigenvalue weighted by atomic mass is 10.1. The van der Waals surface area contributed by atoms with Crippen molar-refractivity contribution in [1.29, 1.82) is 0 Å². The Bertz CT molecular complexity index is 596. The first-order valence-corrected chi connectivity index (χ1v) is 7.91. The summed E-state index contributed by atoms with van der Waals surface area (Å²) >= 11 is 7.01. The Morgan fingerprint density at radius 1 is 1.30 bits per heavy atom. The lowest BCUT2D eigenvalue weighted by molar-refractivity contribution is 0.394. The number of rotatable bonds is 5. The van der Waals surface area contributed by atoms with Crippen molar-refractivity contribution in [3.05, 3.63) is 50.3 Å². The van der Waals surface area contributed by atoms with Gasteiger partial charge in [-0.1, -0.05) is 15.9 Å². The molecule has 0 saturated heterocycles. The van der Waals surface area contributed by atoms with Crippen molar-refractivity contribution in [2.24, 2.45) is 0 Å². The zero-order valence-corrected chi connectivity index (χ0v) is 14.8. The second-order valence-corrected chi connectivity index (χ2v) is 6.40. The van der Waals surface area contributed by atoms with Crippen LogP contribution in [0.2, 0.25) is 0 Å². The molecule has 0 aliphatic heterocycles. The third-order valence-electron chi connectivity index (χ3n) is 3.08. The van der Waals surface area contributed by atoms with E-state index >= 15 is 0 Å². The van der Waals surface area contributed by atoms with E-state index < -0.39 is 0 Å². The standard InChI is InChI=1S/C15H17Br2NO2/c1-9-4-5-14(20-9)10(2)18-8-11-6-12(16)7-13(17)15(11)19-3/h4-7,10,18H,8H2,1-3H3. The van der Waals surface area contributed by atoms with Gasteiger partial charge in [-0.05, 0) is 54.0 Å². The first-order chi connectivity index (χ1) is 9.51. The van der Waals surface area contributed by atoms with Crippen LogP contribution in [0.5, 0.6) is 5.75 Å². The highest BCUT2D eigenvalue weighted by molar-refractivity contribution is 9.11. The summed E-state index contributed by atoms with van der Waals surface area (Å²) in [4.78, 5) is 0. The van der Waals surface area contributed by atoms with E-state index in [0.29, 0.717) is 6.54 Å². The van der Waals surface area contributed by atoms with E-state index in [0.717, 1.165) is 31.8 Å². The number of methoxy groups -OCH3 is 1. The maximum atomic E-state index is 5.63. The lowest BCUT2D eigenvalue weighted by Crippen LogP contribution is -2.18. The van der Waals surface area contributed by atoms with Gasteiger partial charge in [0.1, 0.15) is 17.3 Å². The minimum atomic E-state index is 0.145. The van der Waals surface area contributed by atoms with Crippen LogP contribution in [0, 0.1) is 6.92 Å². The molecule has 1 unspecified atom stereocenters. The van der Waals surface area contributed by atoms with Crippen LogP contribution in [0.4, 0.5) is 0 Å². The molecule has 5 heteroatoms. The Balaban J connectivity index is 2.10. The van der Waals surface area contributed by atoms with Gasteiger partial charge in [-0.3, -0.25) is 0 Å². The maximum absolute atomic E-state index is 5.63. The van der Waals surface area contributed by atoms with Gasteiger partial charge in [-0.25, -0.2) is 0 Å². The highest BCUT2D eigenvalue weighted by Gasteiger charge is 2.13. The van der Waals surface area contributed by atoms with E-state index in [-0.39, 0.29) is 6.04 Å². The number of aryl methyl sites for hydroxylation is 1. The van der Waals surface area contributed by atoms with Crippen molar-refractivity contribution in [3.8, 4) is 5.75 Å². The summed E-state index contributed by atoms with van der Waals surface area (Å²) in [6.45, 7) is 4.73. The van der Waals surface area contributed by atoms with E-state index in [4.69, 9.17) is 9.15 Å². The van der Waals surface area contributed by atoms with Gasteiger partial charge in [-0.15, -0.1) is 0 Å². The fourth-order valence-corrected chi connectivity index (χ4v) is 3.50. The number of nitrogens with one attached hydrogen (secondary N) is 1. The molecule has 20 heavy (non-hydrogen) atoms. The molecule has 0 aliphatic carbocycles. The van der Waals surface area contributed by atoms with E-state index in [1.807, 2.05) is 25.1 Å². The zero-order chi connectivity index (χ0) is 14.7. The molecule has 0 radical (unpaired) electrons. The maximum Gasteiger partial charge on any atom is 0.137 e. The number of halogens is 2. The van der Waals surface area contributed by atoms with Gasteiger partial charge in [0.15, 0.2) is 0 Å². The topological polar surface area (TPSA) is 34.4 Å². The quantitative estimate of drug-likeness (QED) is 0.766. The summed E-state index contributed by atoms with van der Waals surface area (Å²) in [5.41, 5.74) is 1.09. The second kappa shape index (κ2) is 6.78. The number of hydrogen-bond donors (Lipinski definition) is 1. The van der Waals surface area contributed by atoms with Gasteiger partial charge in [0, 0.05) is 16.6 Å². The highest BCUT2D eigenvalue weighted by Crippen LogP contribution is 2.33. The molecular weight excluding hydrogens is 386 g/mol. The summed E-state index contributed by atoms with van der Waals surface area (Å²) in [5.74, 6) is 2.72. The van der Waals surface area contributed by atoms with Crippen molar-refractivity contribution in [2.45, 2.75) is 26.4 Å². The lowest BCUT2D eigenvalue weighted by Gasteiger charge is -2.15. The largest absolute Gasteiger partial charge is 0.495 e. The number of hydrogen-bond acceptors (Lipinski definition) is 3. The van der Waals surface area contributed by atoms with Crippen molar-refractivity contribution in [1.82, 2.24) is 5.32 Å².